The fraction of sp³-hybridized carbons (Fsp3) is 0.625. The number of anilines is 2. The van der Waals surface area contributed by atoms with Crippen LogP contribution < -0.4 is 15.8 Å². The summed E-state index contributed by atoms with van der Waals surface area (Å²) in [4.78, 5) is 0. The summed E-state index contributed by atoms with van der Waals surface area (Å²) in [6.07, 6.45) is 6.43. The molecule has 0 saturated heterocycles. The first kappa shape index (κ1) is 15.0. The molecule has 1 aliphatic rings. The fourth-order valence-electron chi connectivity index (χ4n) is 2.80. The van der Waals surface area contributed by atoms with Crippen LogP contribution in [0.1, 0.15) is 45.4 Å². The van der Waals surface area contributed by atoms with Gasteiger partial charge in [-0.15, -0.1) is 0 Å². The molecule has 0 bridgehead atoms. The molecule has 4 heteroatoms. The van der Waals surface area contributed by atoms with E-state index in [1.807, 2.05) is 25.1 Å². The van der Waals surface area contributed by atoms with Crippen molar-refractivity contribution in [2.24, 2.45) is 0 Å². The van der Waals surface area contributed by atoms with E-state index < -0.39 is 5.60 Å². The van der Waals surface area contributed by atoms with E-state index in [4.69, 9.17) is 10.5 Å². The Bertz CT molecular complexity index is 426. The summed E-state index contributed by atoms with van der Waals surface area (Å²) in [6, 6.07) is 5.62. The molecule has 0 radical (unpaired) electrons. The summed E-state index contributed by atoms with van der Waals surface area (Å²) in [6.45, 7) is 3.14. The van der Waals surface area contributed by atoms with Crippen LogP contribution in [0.3, 0.4) is 0 Å². The average Bonchev–Trinajstić information content (AvgIpc) is 2.62. The zero-order valence-corrected chi connectivity index (χ0v) is 12.3. The van der Waals surface area contributed by atoms with E-state index in [2.05, 4.69) is 5.32 Å². The fourth-order valence-corrected chi connectivity index (χ4v) is 2.80. The Labute approximate surface area is 121 Å². The summed E-state index contributed by atoms with van der Waals surface area (Å²) in [7, 11) is 0. The van der Waals surface area contributed by atoms with Gasteiger partial charge in [0, 0.05) is 30.1 Å². The Morgan fingerprint density at radius 3 is 2.55 bits per heavy atom. The predicted molar refractivity (Wildman–Crippen MR) is 83.2 cm³/mol. The minimum absolute atomic E-state index is 0.571. The lowest BCUT2D eigenvalue weighted by Crippen LogP contribution is -2.36. The highest BCUT2D eigenvalue weighted by molar-refractivity contribution is 5.59. The largest absolute Gasteiger partial charge is 0.494 e. The van der Waals surface area contributed by atoms with E-state index in [0.29, 0.717) is 18.8 Å². The molecule has 1 fully saturated rings. The number of nitrogens with two attached hydrogens (primary N) is 1. The number of hydrogen-bond donors (Lipinski definition) is 3. The van der Waals surface area contributed by atoms with Crippen molar-refractivity contribution in [3.05, 3.63) is 18.2 Å². The maximum absolute atomic E-state index is 10.6. The van der Waals surface area contributed by atoms with Crippen molar-refractivity contribution in [3.63, 3.8) is 0 Å². The standard InChI is InChI=1S/C16H26N2O2/c1-2-20-15-10-13(17)9-14(11-15)18-12-16(19)7-5-3-4-6-8-16/h9-11,18-19H,2-8,12,17H2,1H3. The Kier molecular flexibility index (Phi) is 5.12. The van der Waals surface area contributed by atoms with Crippen molar-refractivity contribution in [1.29, 1.82) is 0 Å². The van der Waals surface area contributed by atoms with Gasteiger partial charge in [-0.1, -0.05) is 25.7 Å². The molecule has 0 heterocycles. The maximum atomic E-state index is 10.6. The van der Waals surface area contributed by atoms with Crippen LogP contribution in [-0.2, 0) is 0 Å². The van der Waals surface area contributed by atoms with Gasteiger partial charge in [-0.3, -0.25) is 0 Å². The molecule has 0 atom stereocenters. The molecule has 1 aliphatic carbocycles. The third-order valence-corrected chi connectivity index (χ3v) is 3.90. The lowest BCUT2D eigenvalue weighted by atomic mass is 9.94. The predicted octanol–water partition coefficient (Wildman–Crippen LogP) is 3.16. The molecule has 112 valence electrons. The molecule has 2 rings (SSSR count). The first-order valence-corrected chi connectivity index (χ1v) is 7.61. The van der Waals surface area contributed by atoms with Gasteiger partial charge in [0.1, 0.15) is 5.75 Å². The SMILES string of the molecule is CCOc1cc(N)cc(NCC2(O)CCCCCC2)c1. The average molecular weight is 278 g/mol. The van der Waals surface area contributed by atoms with Crippen LogP contribution in [0, 0.1) is 0 Å². The second-order valence-electron chi connectivity index (χ2n) is 5.72. The lowest BCUT2D eigenvalue weighted by Gasteiger charge is -2.27. The van der Waals surface area contributed by atoms with Crippen molar-refractivity contribution in [2.45, 2.75) is 51.0 Å². The molecule has 1 aromatic carbocycles. The number of aliphatic hydroxyl groups is 1. The van der Waals surface area contributed by atoms with Gasteiger partial charge in [-0.25, -0.2) is 0 Å². The van der Waals surface area contributed by atoms with E-state index in [-0.39, 0.29) is 0 Å². The van der Waals surface area contributed by atoms with E-state index in [1.54, 1.807) is 0 Å². The van der Waals surface area contributed by atoms with Gasteiger partial charge in [-0.05, 0) is 25.8 Å². The van der Waals surface area contributed by atoms with Crippen molar-refractivity contribution >= 4 is 11.4 Å². The summed E-state index contributed by atoms with van der Waals surface area (Å²) in [5.74, 6) is 0.767. The summed E-state index contributed by atoms with van der Waals surface area (Å²) in [5, 5.41) is 13.9. The number of ether oxygens (including phenoxy) is 1. The highest BCUT2D eigenvalue weighted by Crippen LogP contribution is 2.28. The molecule has 1 saturated carbocycles. The van der Waals surface area contributed by atoms with Gasteiger partial charge in [0.2, 0.25) is 0 Å². The molecular weight excluding hydrogens is 252 g/mol. The second-order valence-corrected chi connectivity index (χ2v) is 5.72. The van der Waals surface area contributed by atoms with Crippen LogP contribution in [-0.4, -0.2) is 23.9 Å². The van der Waals surface area contributed by atoms with Gasteiger partial charge in [0.15, 0.2) is 0 Å². The molecule has 0 amide bonds. The molecule has 0 unspecified atom stereocenters. The minimum Gasteiger partial charge on any atom is -0.494 e. The number of nitrogen functional groups attached to an aromatic ring is 1. The number of hydrogen-bond acceptors (Lipinski definition) is 4. The van der Waals surface area contributed by atoms with E-state index in [0.717, 1.165) is 37.1 Å². The highest BCUT2D eigenvalue weighted by atomic mass is 16.5. The van der Waals surface area contributed by atoms with E-state index in [1.165, 1.54) is 12.8 Å². The molecule has 0 spiro atoms. The Morgan fingerprint density at radius 2 is 1.90 bits per heavy atom. The van der Waals surface area contributed by atoms with Gasteiger partial charge < -0.3 is 20.9 Å². The third kappa shape index (κ3) is 4.30. The Balaban J connectivity index is 1.98. The van der Waals surface area contributed by atoms with Crippen LogP contribution in [0.25, 0.3) is 0 Å². The molecule has 4 N–H and O–H groups in total. The zero-order valence-electron chi connectivity index (χ0n) is 12.3. The quantitative estimate of drug-likeness (QED) is 0.571. The van der Waals surface area contributed by atoms with Crippen LogP contribution in [0.2, 0.25) is 0 Å². The molecule has 20 heavy (non-hydrogen) atoms. The lowest BCUT2D eigenvalue weighted by molar-refractivity contribution is 0.0381. The number of nitrogens with one attached hydrogen (secondary N) is 1. The Morgan fingerprint density at radius 1 is 1.20 bits per heavy atom. The smallest absolute Gasteiger partial charge is 0.123 e. The molecular formula is C16H26N2O2. The summed E-state index contributed by atoms with van der Waals surface area (Å²) < 4.78 is 5.48. The van der Waals surface area contributed by atoms with Crippen LogP contribution in [0.15, 0.2) is 18.2 Å². The monoisotopic (exact) mass is 278 g/mol. The maximum Gasteiger partial charge on any atom is 0.123 e. The molecule has 4 nitrogen and oxygen atoms in total. The first-order chi connectivity index (χ1) is 9.61. The van der Waals surface area contributed by atoms with Gasteiger partial charge in [0.25, 0.3) is 0 Å². The molecule has 0 aliphatic heterocycles. The highest BCUT2D eigenvalue weighted by Gasteiger charge is 2.27. The molecule has 0 aromatic heterocycles. The van der Waals surface area contributed by atoms with Crippen molar-refractivity contribution in [3.8, 4) is 5.75 Å². The van der Waals surface area contributed by atoms with Crippen LogP contribution in [0.5, 0.6) is 5.75 Å². The normalized spacial score (nSPS) is 18.3. The van der Waals surface area contributed by atoms with Gasteiger partial charge >= 0.3 is 0 Å². The number of rotatable bonds is 5. The van der Waals surface area contributed by atoms with Crippen molar-refractivity contribution < 1.29 is 9.84 Å². The van der Waals surface area contributed by atoms with Crippen molar-refractivity contribution in [1.82, 2.24) is 0 Å². The topological polar surface area (TPSA) is 67.5 Å². The van der Waals surface area contributed by atoms with Gasteiger partial charge in [-0.2, -0.15) is 0 Å². The first-order valence-electron chi connectivity index (χ1n) is 7.61. The van der Waals surface area contributed by atoms with Gasteiger partial charge in [0.05, 0.1) is 12.2 Å². The third-order valence-electron chi connectivity index (χ3n) is 3.90. The summed E-state index contributed by atoms with van der Waals surface area (Å²) >= 11 is 0. The van der Waals surface area contributed by atoms with Crippen LogP contribution >= 0.6 is 0 Å². The minimum atomic E-state index is -0.590. The van der Waals surface area contributed by atoms with Crippen molar-refractivity contribution in [2.75, 3.05) is 24.2 Å². The Hall–Kier alpha value is -1.42. The van der Waals surface area contributed by atoms with Crippen LogP contribution in [0.4, 0.5) is 11.4 Å². The molecule has 1 aromatic rings. The van der Waals surface area contributed by atoms with E-state index in [9.17, 15) is 5.11 Å². The van der Waals surface area contributed by atoms with E-state index >= 15 is 0 Å². The number of benzene rings is 1. The summed E-state index contributed by atoms with van der Waals surface area (Å²) in [5.41, 5.74) is 6.86. The zero-order chi connectivity index (χ0) is 14.4. The second kappa shape index (κ2) is 6.84.